The highest BCUT2D eigenvalue weighted by Gasteiger charge is 2.34. The van der Waals surface area contributed by atoms with E-state index in [4.69, 9.17) is 4.74 Å². The molecule has 4 rings (SSSR count). The van der Waals surface area contributed by atoms with Gasteiger partial charge >= 0.3 is 5.97 Å². The highest BCUT2D eigenvalue weighted by atomic mass is 32.2. The molecule has 0 spiro atoms. The smallest absolute Gasteiger partial charge is 0.314 e. The Hall–Kier alpha value is -2.78. The quantitative estimate of drug-likeness (QED) is 0.521. The lowest BCUT2D eigenvalue weighted by Gasteiger charge is -2.30. The van der Waals surface area contributed by atoms with Crippen molar-refractivity contribution in [3.8, 4) is 5.75 Å². The molecule has 0 N–H and O–H groups in total. The minimum absolute atomic E-state index is 0.0850. The second kappa shape index (κ2) is 8.76. The summed E-state index contributed by atoms with van der Waals surface area (Å²) >= 11 is 0. The number of piperidine rings is 1. The molecular weight excluding hydrogens is 423 g/mol. The van der Waals surface area contributed by atoms with Gasteiger partial charge in [0.25, 0.3) is 0 Å². The molecular formula is C22H23FN2O5S. The molecule has 31 heavy (non-hydrogen) atoms. The maximum absolute atomic E-state index is 13.9. The Bertz CT molecular complexity index is 1080. The molecule has 0 saturated carbocycles. The van der Waals surface area contributed by atoms with Gasteiger partial charge in [-0.15, -0.1) is 0 Å². The first-order valence-electron chi connectivity index (χ1n) is 10.2. The van der Waals surface area contributed by atoms with Crippen LogP contribution in [0.2, 0.25) is 0 Å². The summed E-state index contributed by atoms with van der Waals surface area (Å²) in [7, 11) is -3.94. The van der Waals surface area contributed by atoms with Crippen LogP contribution in [0.4, 0.5) is 10.1 Å². The average molecular weight is 447 g/mol. The number of amides is 1. The second-order valence-electron chi connectivity index (χ2n) is 7.67. The third-order valence-corrected chi connectivity index (χ3v) is 7.61. The van der Waals surface area contributed by atoms with E-state index in [1.165, 1.54) is 22.5 Å². The number of carbonyl (C=O) groups is 2. The SMILES string of the molecule is O=C(Oc1ccc(N2CCCC2=O)cc1)C1CCN(S(=O)(=O)c2ccccc2F)CC1. The summed E-state index contributed by atoms with van der Waals surface area (Å²) < 4.78 is 46.0. The Labute approximate surface area is 180 Å². The second-order valence-corrected chi connectivity index (χ2v) is 9.58. The lowest BCUT2D eigenvalue weighted by molar-refractivity contribution is -0.140. The number of carbonyl (C=O) groups excluding carboxylic acids is 2. The van der Waals surface area contributed by atoms with E-state index in [1.54, 1.807) is 29.2 Å². The van der Waals surface area contributed by atoms with E-state index < -0.39 is 27.7 Å². The zero-order chi connectivity index (χ0) is 22.0. The van der Waals surface area contributed by atoms with E-state index in [1.807, 2.05) is 0 Å². The summed E-state index contributed by atoms with van der Waals surface area (Å²) in [5, 5.41) is 0. The predicted molar refractivity (Wildman–Crippen MR) is 112 cm³/mol. The number of hydrogen-bond donors (Lipinski definition) is 0. The van der Waals surface area contributed by atoms with Crippen molar-refractivity contribution in [3.05, 3.63) is 54.3 Å². The van der Waals surface area contributed by atoms with Crippen molar-refractivity contribution in [3.63, 3.8) is 0 Å². The number of anilines is 1. The molecule has 0 bridgehead atoms. The van der Waals surface area contributed by atoms with Crippen LogP contribution >= 0.6 is 0 Å². The van der Waals surface area contributed by atoms with Crippen LogP contribution in [0.3, 0.4) is 0 Å². The molecule has 2 heterocycles. The van der Waals surface area contributed by atoms with Crippen molar-refractivity contribution in [1.29, 1.82) is 0 Å². The van der Waals surface area contributed by atoms with Crippen LogP contribution in [0.1, 0.15) is 25.7 Å². The summed E-state index contributed by atoms with van der Waals surface area (Å²) in [6.07, 6.45) is 1.97. The standard InChI is InChI=1S/C22H23FN2O5S/c23-19-4-1-2-5-20(19)31(28,29)24-14-11-16(12-15-24)22(27)30-18-9-7-17(8-10-18)25-13-3-6-21(25)26/h1-2,4-5,7-10,16H,3,6,11-15H2. The summed E-state index contributed by atoms with van der Waals surface area (Å²) in [4.78, 5) is 25.7. The number of rotatable bonds is 5. The van der Waals surface area contributed by atoms with Gasteiger partial charge in [-0.2, -0.15) is 4.31 Å². The molecule has 2 aliphatic heterocycles. The fraction of sp³-hybridized carbons (Fsp3) is 0.364. The highest BCUT2D eigenvalue weighted by molar-refractivity contribution is 7.89. The van der Waals surface area contributed by atoms with Gasteiger partial charge in [-0.1, -0.05) is 12.1 Å². The Morgan fingerprint density at radius 3 is 2.29 bits per heavy atom. The molecule has 2 fully saturated rings. The van der Waals surface area contributed by atoms with E-state index in [0.29, 0.717) is 31.6 Å². The van der Waals surface area contributed by atoms with Gasteiger partial charge in [0.1, 0.15) is 16.5 Å². The van der Waals surface area contributed by atoms with Crippen molar-refractivity contribution in [2.45, 2.75) is 30.6 Å². The van der Waals surface area contributed by atoms with Gasteiger partial charge in [-0.05, 0) is 55.7 Å². The van der Waals surface area contributed by atoms with Gasteiger partial charge in [-0.3, -0.25) is 9.59 Å². The molecule has 2 saturated heterocycles. The first-order valence-corrected chi connectivity index (χ1v) is 11.7. The lowest BCUT2D eigenvalue weighted by atomic mass is 9.98. The van der Waals surface area contributed by atoms with E-state index >= 15 is 0 Å². The third-order valence-electron chi connectivity index (χ3n) is 5.68. The Morgan fingerprint density at radius 1 is 1.00 bits per heavy atom. The summed E-state index contributed by atoms with van der Waals surface area (Å²) in [5.41, 5.74) is 0.772. The largest absolute Gasteiger partial charge is 0.426 e. The fourth-order valence-electron chi connectivity index (χ4n) is 3.94. The van der Waals surface area contributed by atoms with Crippen molar-refractivity contribution >= 4 is 27.6 Å². The van der Waals surface area contributed by atoms with E-state index in [0.717, 1.165) is 18.2 Å². The molecule has 7 nitrogen and oxygen atoms in total. The molecule has 9 heteroatoms. The van der Waals surface area contributed by atoms with Crippen molar-refractivity contribution in [2.75, 3.05) is 24.5 Å². The maximum atomic E-state index is 13.9. The topological polar surface area (TPSA) is 84.0 Å². The van der Waals surface area contributed by atoms with E-state index in [-0.39, 0.29) is 23.9 Å². The van der Waals surface area contributed by atoms with Crippen LogP contribution in [-0.2, 0) is 19.6 Å². The van der Waals surface area contributed by atoms with Crippen LogP contribution in [0, 0.1) is 11.7 Å². The van der Waals surface area contributed by atoms with Crippen LogP contribution in [-0.4, -0.2) is 44.2 Å². The number of halogens is 1. The fourth-order valence-corrected chi connectivity index (χ4v) is 5.47. The molecule has 0 atom stereocenters. The normalized spacial score (nSPS) is 18.4. The predicted octanol–water partition coefficient (Wildman–Crippen LogP) is 2.96. The minimum Gasteiger partial charge on any atom is -0.426 e. The summed E-state index contributed by atoms with van der Waals surface area (Å²) in [6, 6.07) is 12.1. The van der Waals surface area contributed by atoms with E-state index in [9.17, 15) is 22.4 Å². The minimum atomic E-state index is -3.94. The summed E-state index contributed by atoms with van der Waals surface area (Å²) in [5.74, 6) is -1.19. The first-order chi connectivity index (χ1) is 14.9. The maximum Gasteiger partial charge on any atom is 0.314 e. The number of esters is 1. The molecule has 2 aliphatic rings. The van der Waals surface area contributed by atoms with Gasteiger partial charge in [-0.25, -0.2) is 12.8 Å². The molecule has 0 aliphatic carbocycles. The zero-order valence-electron chi connectivity index (χ0n) is 16.9. The number of nitrogens with zero attached hydrogens (tertiary/aromatic N) is 2. The van der Waals surface area contributed by atoms with E-state index in [2.05, 4.69) is 0 Å². The van der Waals surface area contributed by atoms with Crippen LogP contribution in [0.25, 0.3) is 0 Å². The van der Waals surface area contributed by atoms with Crippen LogP contribution < -0.4 is 9.64 Å². The third kappa shape index (κ3) is 4.47. The lowest BCUT2D eigenvalue weighted by Crippen LogP contribution is -2.41. The summed E-state index contributed by atoms with van der Waals surface area (Å²) in [6.45, 7) is 0.922. The number of hydrogen-bond acceptors (Lipinski definition) is 5. The van der Waals surface area contributed by atoms with Crippen LogP contribution in [0.15, 0.2) is 53.4 Å². The number of benzene rings is 2. The number of ether oxygens (including phenoxy) is 1. The number of sulfonamides is 1. The van der Waals surface area contributed by atoms with Crippen molar-refractivity contribution in [2.24, 2.45) is 5.92 Å². The molecule has 0 radical (unpaired) electrons. The van der Waals surface area contributed by atoms with Gasteiger partial charge in [0.15, 0.2) is 0 Å². The molecule has 0 aromatic heterocycles. The molecule has 1 amide bonds. The van der Waals surface area contributed by atoms with Crippen LogP contribution in [0.5, 0.6) is 5.75 Å². The molecule has 2 aromatic rings. The molecule has 2 aromatic carbocycles. The van der Waals surface area contributed by atoms with Crippen molar-refractivity contribution in [1.82, 2.24) is 4.31 Å². The van der Waals surface area contributed by atoms with Gasteiger partial charge in [0.2, 0.25) is 15.9 Å². The zero-order valence-corrected chi connectivity index (χ0v) is 17.7. The monoisotopic (exact) mass is 446 g/mol. The highest BCUT2D eigenvalue weighted by Crippen LogP contribution is 2.28. The molecule has 164 valence electrons. The van der Waals surface area contributed by atoms with Crippen molar-refractivity contribution < 1.29 is 27.1 Å². The van der Waals surface area contributed by atoms with Gasteiger partial charge < -0.3 is 9.64 Å². The first kappa shape index (κ1) is 21.5. The molecule has 0 unspecified atom stereocenters. The Morgan fingerprint density at radius 2 is 1.68 bits per heavy atom. The Kier molecular flexibility index (Phi) is 6.06. The average Bonchev–Trinajstić information content (AvgIpc) is 3.20. The Balaban J connectivity index is 1.34. The van der Waals surface area contributed by atoms with Gasteiger partial charge in [0, 0.05) is 31.7 Å². The van der Waals surface area contributed by atoms with Gasteiger partial charge in [0.05, 0.1) is 5.92 Å².